The Hall–Kier alpha value is -0.960. The van der Waals surface area contributed by atoms with Crippen molar-refractivity contribution in [2.75, 3.05) is 13.2 Å². The molecule has 1 fully saturated rings. The second-order valence-corrected chi connectivity index (χ2v) is 5.97. The fourth-order valence-electron chi connectivity index (χ4n) is 1.98. The summed E-state index contributed by atoms with van der Waals surface area (Å²) in [6.07, 6.45) is 1.36. The zero-order valence-electron chi connectivity index (χ0n) is 10.3. The first-order chi connectivity index (χ1) is 8.54. The topological polar surface area (TPSA) is 110 Å². The van der Waals surface area contributed by atoms with E-state index in [2.05, 4.69) is 14.9 Å². The molecule has 0 aromatic carbocycles. The lowest BCUT2D eigenvalue weighted by molar-refractivity contribution is 0.0832. The number of aromatic amines is 1. The van der Waals surface area contributed by atoms with Gasteiger partial charge in [0.15, 0.2) is 5.03 Å². The third-order valence-electron chi connectivity index (χ3n) is 3.04. The minimum Gasteiger partial charge on any atom is -0.381 e. The Morgan fingerprint density at radius 3 is 2.78 bits per heavy atom. The number of aromatic nitrogens is 2. The maximum Gasteiger partial charge on any atom is 0.260 e. The van der Waals surface area contributed by atoms with Crippen molar-refractivity contribution in [1.82, 2.24) is 14.9 Å². The van der Waals surface area contributed by atoms with Gasteiger partial charge in [-0.1, -0.05) is 0 Å². The molecule has 8 heteroatoms. The van der Waals surface area contributed by atoms with Crippen LogP contribution < -0.4 is 10.5 Å². The predicted octanol–water partition coefficient (Wildman–Crippen LogP) is -0.366. The van der Waals surface area contributed by atoms with Gasteiger partial charge in [-0.25, -0.2) is 13.1 Å². The Bertz CT molecular complexity index is 505. The average Bonchev–Trinajstić information content (AvgIpc) is 2.72. The SMILES string of the molecule is Cc1[nH]nc(S(=O)(=O)NC2CCOCC2)c1CN. The number of sulfonamides is 1. The van der Waals surface area contributed by atoms with E-state index in [9.17, 15) is 8.42 Å². The van der Waals surface area contributed by atoms with Gasteiger partial charge in [0.05, 0.1) is 0 Å². The van der Waals surface area contributed by atoms with Crippen molar-refractivity contribution in [3.05, 3.63) is 11.3 Å². The molecule has 1 saturated heterocycles. The molecule has 0 radical (unpaired) electrons. The van der Waals surface area contributed by atoms with Crippen LogP contribution in [0.25, 0.3) is 0 Å². The zero-order valence-corrected chi connectivity index (χ0v) is 11.1. The summed E-state index contributed by atoms with van der Waals surface area (Å²) in [5, 5.41) is 6.50. The number of nitrogens with zero attached hydrogens (tertiary/aromatic N) is 1. The summed E-state index contributed by atoms with van der Waals surface area (Å²) in [6, 6.07) is -0.0913. The highest BCUT2D eigenvalue weighted by Crippen LogP contribution is 2.17. The smallest absolute Gasteiger partial charge is 0.260 e. The molecule has 102 valence electrons. The van der Waals surface area contributed by atoms with Crippen molar-refractivity contribution in [2.45, 2.75) is 37.4 Å². The van der Waals surface area contributed by atoms with Crippen LogP contribution in [0.1, 0.15) is 24.1 Å². The molecule has 18 heavy (non-hydrogen) atoms. The van der Waals surface area contributed by atoms with E-state index in [-0.39, 0.29) is 17.6 Å². The third kappa shape index (κ3) is 2.72. The molecule has 0 aliphatic carbocycles. The molecule has 1 aliphatic rings. The second-order valence-electron chi connectivity index (χ2n) is 4.34. The third-order valence-corrected chi connectivity index (χ3v) is 4.53. The predicted molar refractivity (Wildman–Crippen MR) is 65.4 cm³/mol. The van der Waals surface area contributed by atoms with Crippen molar-refractivity contribution >= 4 is 10.0 Å². The van der Waals surface area contributed by atoms with E-state index in [1.165, 1.54) is 0 Å². The van der Waals surface area contributed by atoms with Crippen LogP contribution in [0.2, 0.25) is 0 Å². The van der Waals surface area contributed by atoms with E-state index in [1.807, 2.05) is 0 Å². The van der Waals surface area contributed by atoms with Crippen LogP contribution in [0.5, 0.6) is 0 Å². The van der Waals surface area contributed by atoms with Crippen LogP contribution in [0.4, 0.5) is 0 Å². The first-order valence-electron chi connectivity index (χ1n) is 5.88. The molecule has 1 aliphatic heterocycles. The number of nitrogens with two attached hydrogens (primary N) is 1. The van der Waals surface area contributed by atoms with Crippen LogP contribution in [0, 0.1) is 6.92 Å². The Morgan fingerprint density at radius 2 is 2.17 bits per heavy atom. The van der Waals surface area contributed by atoms with Crippen LogP contribution >= 0.6 is 0 Å². The summed E-state index contributed by atoms with van der Waals surface area (Å²) < 4.78 is 32.3. The van der Waals surface area contributed by atoms with Crippen LogP contribution in [-0.2, 0) is 21.3 Å². The van der Waals surface area contributed by atoms with Crippen molar-refractivity contribution in [2.24, 2.45) is 5.73 Å². The molecule has 0 unspecified atom stereocenters. The Morgan fingerprint density at radius 1 is 1.50 bits per heavy atom. The molecule has 2 rings (SSSR count). The molecule has 0 bridgehead atoms. The van der Waals surface area contributed by atoms with E-state index < -0.39 is 10.0 Å². The lowest BCUT2D eigenvalue weighted by atomic mass is 10.1. The Labute approximate surface area is 106 Å². The molecule has 1 aromatic heterocycles. The maximum atomic E-state index is 12.2. The lowest BCUT2D eigenvalue weighted by Crippen LogP contribution is -2.39. The quantitative estimate of drug-likeness (QED) is 0.694. The number of H-pyrrole nitrogens is 1. The van der Waals surface area contributed by atoms with Gasteiger partial charge in [-0.05, 0) is 19.8 Å². The normalized spacial score (nSPS) is 18.1. The second kappa shape index (κ2) is 5.35. The van der Waals surface area contributed by atoms with Gasteiger partial charge in [-0.2, -0.15) is 5.10 Å². The Balaban J connectivity index is 2.19. The highest BCUT2D eigenvalue weighted by molar-refractivity contribution is 7.89. The fourth-order valence-corrected chi connectivity index (χ4v) is 3.50. The number of rotatable bonds is 4. The number of ether oxygens (including phenoxy) is 1. The summed E-state index contributed by atoms with van der Waals surface area (Å²) in [5.74, 6) is 0. The van der Waals surface area contributed by atoms with E-state index in [0.29, 0.717) is 37.3 Å². The van der Waals surface area contributed by atoms with Crippen molar-refractivity contribution in [3.8, 4) is 0 Å². The summed E-state index contributed by atoms with van der Waals surface area (Å²) in [6.45, 7) is 3.06. The number of nitrogens with one attached hydrogen (secondary N) is 2. The van der Waals surface area contributed by atoms with Gasteiger partial charge in [0, 0.05) is 37.1 Å². The average molecular weight is 274 g/mol. The van der Waals surface area contributed by atoms with E-state index >= 15 is 0 Å². The van der Waals surface area contributed by atoms with Crippen molar-refractivity contribution < 1.29 is 13.2 Å². The molecule has 2 heterocycles. The monoisotopic (exact) mass is 274 g/mol. The number of hydrogen-bond donors (Lipinski definition) is 3. The largest absolute Gasteiger partial charge is 0.381 e. The van der Waals surface area contributed by atoms with Gasteiger partial charge >= 0.3 is 0 Å². The van der Waals surface area contributed by atoms with E-state index in [4.69, 9.17) is 10.5 Å². The van der Waals surface area contributed by atoms with E-state index in [1.54, 1.807) is 6.92 Å². The lowest BCUT2D eigenvalue weighted by Gasteiger charge is -2.22. The maximum absolute atomic E-state index is 12.2. The van der Waals surface area contributed by atoms with Gasteiger partial charge < -0.3 is 10.5 Å². The molecule has 7 nitrogen and oxygen atoms in total. The van der Waals surface area contributed by atoms with Gasteiger partial charge in [0.1, 0.15) is 0 Å². The van der Waals surface area contributed by atoms with Crippen LogP contribution in [-0.4, -0.2) is 37.9 Å². The van der Waals surface area contributed by atoms with Gasteiger partial charge in [0.2, 0.25) is 0 Å². The summed E-state index contributed by atoms with van der Waals surface area (Å²) in [7, 11) is -3.61. The first-order valence-corrected chi connectivity index (χ1v) is 7.37. The van der Waals surface area contributed by atoms with E-state index in [0.717, 1.165) is 0 Å². The summed E-state index contributed by atoms with van der Waals surface area (Å²) in [4.78, 5) is 0. The first kappa shape index (κ1) is 13.5. The highest BCUT2D eigenvalue weighted by Gasteiger charge is 2.27. The van der Waals surface area contributed by atoms with Crippen LogP contribution in [0.15, 0.2) is 5.03 Å². The van der Waals surface area contributed by atoms with Crippen LogP contribution in [0.3, 0.4) is 0 Å². The van der Waals surface area contributed by atoms with Crippen molar-refractivity contribution in [3.63, 3.8) is 0 Å². The summed E-state index contributed by atoms with van der Waals surface area (Å²) >= 11 is 0. The molecular weight excluding hydrogens is 256 g/mol. The zero-order chi connectivity index (χ0) is 13.2. The molecule has 0 atom stereocenters. The summed E-state index contributed by atoms with van der Waals surface area (Å²) in [5.41, 5.74) is 6.78. The molecule has 0 saturated carbocycles. The molecule has 0 spiro atoms. The fraction of sp³-hybridized carbons (Fsp3) is 0.700. The standard InChI is InChI=1S/C10H18N4O3S/c1-7-9(6-11)10(13-12-7)18(15,16)14-8-2-4-17-5-3-8/h8,14H,2-6,11H2,1H3,(H,12,13). The van der Waals surface area contributed by atoms with Gasteiger partial charge in [-0.3, -0.25) is 5.10 Å². The number of aryl methyl sites for hydroxylation is 1. The van der Waals surface area contributed by atoms with Crippen molar-refractivity contribution in [1.29, 1.82) is 0 Å². The van der Waals surface area contributed by atoms with Gasteiger partial charge in [-0.15, -0.1) is 0 Å². The number of hydrogen-bond acceptors (Lipinski definition) is 5. The molecule has 1 aromatic rings. The minimum atomic E-state index is -3.61. The van der Waals surface area contributed by atoms with Gasteiger partial charge in [0.25, 0.3) is 10.0 Å². The molecule has 0 amide bonds. The molecule has 4 N–H and O–H groups in total. The minimum absolute atomic E-state index is 0.00833. The highest BCUT2D eigenvalue weighted by atomic mass is 32.2. The molecular formula is C10H18N4O3S. The Kier molecular flexibility index (Phi) is 4.00.